The van der Waals surface area contributed by atoms with E-state index in [-0.39, 0.29) is 11.7 Å². The minimum atomic E-state index is -0.563. The van der Waals surface area contributed by atoms with Crippen molar-refractivity contribution in [1.29, 1.82) is 0 Å². The van der Waals surface area contributed by atoms with Crippen LogP contribution in [0.3, 0.4) is 0 Å². The number of hydrogen-bond donors (Lipinski definition) is 1. The first kappa shape index (κ1) is 11.5. The lowest BCUT2D eigenvalue weighted by Gasteiger charge is -2.17. The van der Waals surface area contributed by atoms with Crippen LogP contribution in [0.25, 0.3) is 0 Å². The van der Waals surface area contributed by atoms with Gasteiger partial charge in [-0.3, -0.25) is 4.79 Å². The quantitative estimate of drug-likeness (QED) is 0.662. The molecule has 1 amide bonds. The van der Waals surface area contributed by atoms with Gasteiger partial charge in [0.25, 0.3) is 0 Å². The molecule has 1 aromatic heterocycles. The van der Waals surface area contributed by atoms with E-state index in [1.54, 1.807) is 18.2 Å². The Balaban J connectivity index is 1.81. The summed E-state index contributed by atoms with van der Waals surface area (Å²) in [4.78, 5) is 23.0. The van der Waals surface area contributed by atoms with Crippen molar-refractivity contribution in [3.63, 3.8) is 0 Å². The van der Waals surface area contributed by atoms with Crippen LogP contribution in [-0.2, 0) is 11.2 Å². The molecule has 0 fully saturated rings. The van der Waals surface area contributed by atoms with E-state index in [0.29, 0.717) is 24.3 Å². The van der Waals surface area contributed by atoms with Gasteiger partial charge in [-0.25, -0.2) is 4.79 Å². The van der Waals surface area contributed by atoms with E-state index < -0.39 is 5.97 Å². The lowest BCUT2D eigenvalue weighted by Crippen LogP contribution is -2.19. The van der Waals surface area contributed by atoms with E-state index >= 15 is 0 Å². The summed E-state index contributed by atoms with van der Waals surface area (Å²) in [6.07, 6.45) is 2.59. The molecule has 0 saturated heterocycles. The third-order valence-electron chi connectivity index (χ3n) is 2.91. The van der Waals surface area contributed by atoms with Crippen molar-refractivity contribution in [2.24, 2.45) is 0 Å². The second kappa shape index (κ2) is 4.61. The van der Waals surface area contributed by atoms with E-state index in [1.165, 1.54) is 12.3 Å². The molecule has 0 saturated carbocycles. The summed E-state index contributed by atoms with van der Waals surface area (Å²) < 4.78 is 10.1. The van der Waals surface area contributed by atoms with Gasteiger partial charge in [0, 0.05) is 18.2 Å². The maximum atomic E-state index is 11.7. The molecular weight excluding hydrogens is 246 g/mol. The van der Waals surface area contributed by atoms with Gasteiger partial charge in [0.15, 0.2) is 0 Å². The van der Waals surface area contributed by atoms with Gasteiger partial charge >= 0.3 is 5.97 Å². The second-order valence-electron chi connectivity index (χ2n) is 4.23. The normalized spacial score (nSPS) is 13.6. The average Bonchev–Trinajstić information content (AvgIpc) is 2.92. The Morgan fingerprint density at radius 1 is 1.26 bits per heavy atom. The van der Waals surface area contributed by atoms with E-state index in [1.807, 2.05) is 6.07 Å². The number of furan rings is 1. The molecule has 0 radical (unpaired) electrons. The Bertz CT molecular complexity index is 631. The number of amides is 1. The number of aryl methyl sites for hydroxylation is 1. The summed E-state index contributed by atoms with van der Waals surface area (Å²) in [5, 5.41) is 2.75. The van der Waals surface area contributed by atoms with Crippen LogP contribution >= 0.6 is 0 Å². The number of esters is 1. The minimum Gasteiger partial charge on any atom is -0.457 e. The van der Waals surface area contributed by atoms with Gasteiger partial charge < -0.3 is 14.5 Å². The second-order valence-corrected chi connectivity index (χ2v) is 4.23. The van der Waals surface area contributed by atoms with Crippen LogP contribution in [0, 0.1) is 0 Å². The van der Waals surface area contributed by atoms with Crippen LogP contribution in [0.2, 0.25) is 0 Å². The lowest BCUT2D eigenvalue weighted by atomic mass is 10.0. The van der Waals surface area contributed by atoms with Crippen LogP contribution in [0.5, 0.6) is 5.75 Å². The van der Waals surface area contributed by atoms with E-state index in [0.717, 1.165) is 5.56 Å². The molecule has 19 heavy (non-hydrogen) atoms. The summed E-state index contributed by atoms with van der Waals surface area (Å²) in [6.45, 7) is 0. The Morgan fingerprint density at radius 2 is 2.16 bits per heavy atom. The molecule has 1 aromatic carbocycles. The standard InChI is InChI=1S/C14H11NO4/c16-13-6-4-9-3-5-10(8-11(9)15-13)19-14(17)12-2-1-7-18-12/h1-3,5,7-8H,4,6H2,(H,15,16). The van der Waals surface area contributed by atoms with Gasteiger partial charge in [0.05, 0.1) is 6.26 Å². The van der Waals surface area contributed by atoms with Crippen LogP contribution in [0.15, 0.2) is 41.0 Å². The summed E-state index contributed by atoms with van der Waals surface area (Å²) >= 11 is 0. The molecule has 5 nitrogen and oxygen atoms in total. The van der Waals surface area contributed by atoms with Crippen molar-refractivity contribution in [2.75, 3.05) is 5.32 Å². The van der Waals surface area contributed by atoms with Gasteiger partial charge in [-0.15, -0.1) is 0 Å². The zero-order valence-corrected chi connectivity index (χ0v) is 10.0. The van der Waals surface area contributed by atoms with Gasteiger partial charge in [0.2, 0.25) is 11.7 Å². The van der Waals surface area contributed by atoms with Gasteiger partial charge in [-0.05, 0) is 30.2 Å². The predicted molar refractivity (Wildman–Crippen MR) is 67.1 cm³/mol. The maximum Gasteiger partial charge on any atom is 0.379 e. The lowest BCUT2D eigenvalue weighted by molar-refractivity contribution is -0.116. The molecule has 5 heteroatoms. The zero-order valence-electron chi connectivity index (χ0n) is 10.0. The minimum absolute atomic E-state index is 0.0259. The molecule has 0 bridgehead atoms. The van der Waals surface area contributed by atoms with Crippen LogP contribution in [-0.4, -0.2) is 11.9 Å². The van der Waals surface area contributed by atoms with Crippen molar-refractivity contribution in [1.82, 2.24) is 0 Å². The Morgan fingerprint density at radius 3 is 2.95 bits per heavy atom. The molecule has 0 aliphatic carbocycles. The number of anilines is 1. The number of ether oxygens (including phenoxy) is 1. The van der Waals surface area contributed by atoms with Crippen molar-refractivity contribution >= 4 is 17.6 Å². The average molecular weight is 257 g/mol. The molecule has 96 valence electrons. The number of carbonyl (C=O) groups excluding carboxylic acids is 2. The zero-order chi connectivity index (χ0) is 13.2. The van der Waals surface area contributed by atoms with Crippen molar-refractivity contribution in [3.05, 3.63) is 47.9 Å². The largest absolute Gasteiger partial charge is 0.457 e. The van der Waals surface area contributed by atoms with E-state index in [2.05, 4.69) is 5.32 Å². The van der Waals surface area contributed by atoms with Crippen molar-refractivity contribution in [2.45, 2.75) is 12.8 Å². The fraction of sp³-hybridized carbons (Fsp3) is 0.143. The highest BCUT2D eigenvalue weighted by Crippen LogP contribution is 2.27. The van der Waals surface area contributed by atoms with Crippen LogP contribution < -0.4 is 10.1 Å². The number of carbonyl (C=O) groups is 2. The Labute approximate surface area is 109 Å². The Kier molecular flexibility index (Phi) is 2.79. The van der Waals surface area contributed by atoms with Crippen molar-refractivity contribution in [3.8, 4) is 5.75 Å². The first-order valence-electron chi connectivity index (χ1n) is 5.91. The summed E-state index contributed by atoms with van der Waals surface area (Å²) in [5.74, 6) is -0.0711. The molecule has 3 rings (SSSR count). The molecule has 0 atom stereocenters. The SMILES string of the molecule is O=C1CCc2ccc(OC(=O)c3ccco3)cc2N1. The first-order chi connectivity index (χ1) is 9.22. The summed E-state index contributed by atoms with van der Waals surface area (Å²) in [6, 6.07) is 8.34. The van der Waals surface area contributed by atoms with Crippen molar-refractivity contribution < 1.29 is 18.7 Å². The van der Waals surface area contributed by atoms with Gasteiger partial charge in [-0.1, -0.05) is 6.07 Å². The Hall–Kier alpha value is -2.56. The molecular formula is C14H11NO4. The molecule has 0 spiro atoms. The highest BCUT2D eigenvalue weighted by molar-refractivity contribution is 5.94. The number of benzene rings is 1. The van der Waals surface area contributed by atoms with Gasteiger partial charge in [0.1, 0.15) is 5.75 Å². The number of nitrogens with one attached hydrogen (secondary N) is 1. The van der Waals surface area contributed by atoms with E-state index in [9.17, 15) is 9.59 Å². The van der Waals surface area contributed by atoms with E-state index in [4.69, 9.17) is 9.15 Å². The molecule has 2 aromatic rings. The van der Waals surface area contributed by atoms with Gasteiger partial charge in [-0.2, -0.15) is 0 Å². The number of hydrogen-bond acceptors (Lipinski definition) is 4. The summed E-state index contributed by atoms with van der Waals surface area (Å²) in [5.41, 5.74) is 1.73. The fourth-order valence-electron chi connectivity index (χ4n) is 1.97. The highest BCUT2D eigenvalue weighted by atomic mass is 16.5. The maximum absolute atomic E-state index is 11.7. The van der Waals surface area contributed by atoms with Crippen LogP contribution in [0.4, 0.5) is 5.69 Å². The smallest absolute Gasteiger partial charge is 0.379 e. The molecule has 1 aliphatic heterocycles. The number of rotatable bonds is 2. The predicted octanol–water partition coefficient (Wildman–Crippen LogP) is 2.38. The fourth-order valence-corrected chi connectivity index (χ4v) is 1.97. The molecule has 0 unspecified atom stereocenters. The third-order valence-corrected chi connectivity index (χ3v) is 2.91. The molecule has 1 aliphatic rings. The topological polar surface area (TPSA) is 68.5 Å². The number of fused-ring (bicyclic) bond motifs is 1. The van der Waals surface area contributed by atoms with Crippen LogP contribution in [0.1, 0.15) is 22.5 Å². The highest BCUT2D eigenvalue weighted by Gasteiger charge is 2.17. The first-order valence-corrected chi connectivity index (χ1v) is 5.91. The third kappa shape index (κ3) is 2.35. The molecule has 2 heterocycles. The summed E-state index contributed by atoms with van der Waals surface area (Å²) in [7, 11) is 0. The molecule has 1 N–H and O–H groups in total. The monoisotopic (exact) mass is 257 g/mol.